The van der Waals surface area contributed by atoms with E-state index in [-0.39, 0.29) is 23.8 Å². The van der Waals surface area contributed by atoms with E-state index in [1.807, 2.05) is 0 Å². The quantitative estimate of drug-likeness (QED) is 0.326. The van der Waals surface area contributed by atoms with E-state index >= 15 is 0 Å². The topological polar surface area (TPSA) is 134 Å². The average Bonchev–Trinajstić information content (AvgIpc) is 3.39. The molecule has 0 bridgehead atoms. The van der Waals surface area contributed by atoms with Gasteiger partial charge < -0.3 is 16.4 Å². The first-order valence-corrected chi connectivity index (χ1v) is 11.6. The van der Waals surface area contributed by atoms with E-state index in [2.05, 4.69) is 35.8 Å². The number of nitrogens with two attached hydrogens (primary N) is 1. The van der Waals surface area contributed by atoms with Crippen LogP contribution in [0.15, 0.2) is 48.7 Å². The summed E-state index contributed by atoms with van der Waals surface area (Å²) in [6.07, 6.45) is 3.59. The molecule has 5 N–H and O–H groups in total. The molecule has 1 atom stereocenters. The number of piperidine rings is 1. The molecular formula is C25H24F2N8O. The van der Waals surface area contributed by atoms with Crippen molar-refractivity contribution in [2.75, 3.05) is 18.8 Å². The van der Waals surface area contributed by atoms with Crippen LogP contribution in [-0.2, 0) is 6.54 Å². The van der Waals surface area contributed by atoms with Crippen molar-refractivity contribution in [2.24, 2.45) is 0 Å². The first kappa shape index (κ1) is 23.5. The number of rotatable bonds is 6. The van der Waals surface area contributed by atoms with Crippen LogP contribution in [0.2, 0.25) is 0 Å². The van der Waals surface area contributed by atoms with Gasteiger partial charge in [-0.25, -0.2) is 23.7 Å². The van der Waals surface area contributed by atoms with Crippen LogP contribution in [0.3, 0.4) is 0 Å². The molecule has 2 aromatic heterocycles. The second kappa shape index (κ2) is 10.2. The molecule has 1 amide bonds. The minimum absolute atomic E-state index is 0.187. The maximum atomic E-state index is 13.9. The number of hydrogen-bond acceptors (Lipinski definition) is 7. The van der Waals surface area contributed by atoms with Gasteiger partial charge in [0.25, 0.3) is 5.91 Å². The van der Waals surface area contributed by atoms with Crippen LogP contribution < -0.4 is 16.4 Å². The third-order valence-electron chi connectivity index (χ3n) is 6.11. The van der Waals surface area contributed by atoms with Crippen LogP contribution in [0.25, 0.3) is 22.8 Å². The molecule has 1 aliphatic rings. The highest BCUT2D eigenvalue weighted by atomic mass is 19.1. The molecule has 1 aliphatic heterocycles. The first-order chi connectivity index (χ1) is 17.5. The minimum atomic E-state index is -0.719. The van der Waals surface area contributed by atoms with E-state index in [0.29, 0.717) is 28.3 Å². The number of carbonyl (C=O) groups is 1. The summed E-state index contributed by atoms with van der Waals surface area (Å²) in [5, 5.41) is 13.2. The molecule has 0 spiro atoms. The van der Waals surface area contributed by atoms with Gasteiger partial charge in [0.2, 0.25) is 5.82 Å². The number of aromatic nitrogens is 5. The van der Waals surface area contributed by atoms with Crippen molar-refractivity contribution in [3.05, 3.63) is 77.2 Å². The molecule has 0 radical (unpaired) electrons. The van der Waals surface area contributed by atoms with Crippen molar-refractivity contribution in [1.29, 1.82) is 0 Å². The van der Waals surface area contributed by atoms with E-state index in [1.54, 1.807) is 24.3 Å². The Morgan fingerprint density at radius 1 is 1.14 bits per heavy atom. The molecule has 11 heteroatoms. The van der Waals surface area contributed by atoms with Gasteiger partial charge in [-0.3, -0.25) is 9.89 Å². The lowest BCUT2D eigenvalue weighted by Crippen LogP contribution is -2.28. The Labute approximate surface area is 205 Å². The molecule has 184 valence electrons. The monoisotopic (exact) mass is 490 g/mol. The number of nitrogens with zero attached hydrogens (tertiary/aromatic N) is 4. The van der Waals surface area contributed by atoms with Gasteiger partial charge in [0.15, 0.2) is 11.5 Å². The number of halogens is 2. The van der Waals surface area contributed by atoms with Crippen LogP contribution in [0.4, 0.5) is 14.6 Å². The summed E-state index contributed by atoms with van der Waals surface area (Å²) < 4.78 is 27.7. The number of amides is 1. The fourth-order valence-corrected chi connectivity index (χ4v) is 4.14. The van der Waals surface area contributed by atoms with Gasteiger partial charge in [-0.2, -0.15) is 5.10 Å². The number of carbonyl (C=O) groups excluding carboxylic acids is 1. The number of anilines is 1. The van der Waals surface area contributed by atoms with Crippen LogP contribution in [0.1, 0.15) is 40.5 Å². The Morgan fingerprint density at radius 3 is 2.72 bits per heavy atom. The molecule has 36 heavy (non-hydrogen) atoms. The van der Waals surface area contributed by atoms with Crippen molar-refractivity contribution in [1.82, 2.24) is 35.8 Å². The lowest BCUT2D eigenvalue weighted by atomic mass is 9.99. The summed E-state index contributed by atoms with van der Waals surface area (Å²) in [4.78, 5) is 26.1. The van der Waals surface area contributed by atoms with E-state index in [9.17, 15) is 13.6 Å². The van der Waals surface area contributed by atoms with Crippen LogP contribution in [0, 0.1) is 11.6 Å². The number of hydrogen-bond donors (Lipinski definition) is 4. The first-order valence-electron chi connectivity index (χ1n) is 11.6. The SMILES string of the molecule is Nc1ncc(-c2cccc(C(=O)NCc3c(F)cccc3F)c2)nc1-c1n[nH]c(C2CCCNC2)n1. The Morgan fingerprint density at radius 2 is 1.94 bits per heavy atom. The Bertz CT molecular complexity index is 1380. The maximum absolute atomic E-state index is 13.9. The number of aromatic amines is 1. The van der Waals surface area contributed by atoms with Gasteiger partial charge in [-0.05, 0) is 43.7 Å². The normalized spacial score (nSPS) is 15.6. The van der Waals surface area contributed by atoms with Gasteiger partial charge >= 0.3 is 0 Å². The summed E-state index contributed by atoms with van der Waals surface area (Å²) in [7, 11) is 0. The standard InChI is InChI=1S/C25H24F2N8O/c26-18-7-2-8-19(27)17(18)12-31-25(36)15-5-1-4-14(10-15)20-13-30-22(28)21(32-20)24-33-23(34-35-24)16-6-3-9-29-11-16/h1-2,4-5,7-8,10,13,16,29H,3,6,9,11-12H2,(H2,28,30)(H,31,36)(H,33,34,35). The summed E-state index contributed by atoms with van der Waals surface area (Å²) in [6, 6.07) is 10.2. The Kier molecular flexibility index (Phi) is 6.63. The van der Waals surface area contributed by atoms with E-state index < -0.39 is 17.5 Å². The number of nitrogen functional groups attached to an aromatic ring is 1. The maximum Gasteiger partial charge on any atom is 0.251 e. The zero-order valence-corrected chi connectivity index (χ0v) is 19.3. The van der Waals surface area contributed by atoms with Crippen molar-refractivity contribution in [3.63, 3.8) is 0 Å². The van der Waals surface area contributed by atoms with Crippen LogP contribution in [-0.4, -0.2) is 44.1 Å². The molecule has 3 heterocycles. The fraction of sp³-hybridized carbons (Fsp3) is 0.240. The third kappa shape index (κ3) is 4.91. The van der Waals surface area contributed by atoms with E-state index in [0.717, 1.165) is 43.9 Å². The van der Waals surface area contributed by atoms with Crippen molar-refractivity contribution < 1.29 is 13.6 Å². The summed E-state index contributed by atoms with van der Waals surface area (Å²) in [5.41, 5.74) is 7.60. The largest absolute Gasteiger partial charge is 0.382 e. The molecule has 5 rings (SSSR count). The van der Waals surface area contributed by atoms with Crippen molar-refractivity contribution in [2.45, 2.75) is 25.3 Å². The van der Waals surface area contributed by atoms with Gasteiger partial charge in [-0.15, -0.1) is 0 Å². The molecule has 2 aromatic carbocycles. The van der Waals surface area contributed by atoms with Crippen molar-refractivity contribution in [3.8, 4) is 22.8 Å². The van der Waals surface area contributed by atoms with Crippen LogP contribution in [0.5, 0.6) is 0 Å². The predicted octanol–water partition coefficient (Wildman–Crippen LogP) is 3.19. The predicted molar refractivity (Wildman–Crippen MR) is 130 cm³/mol. The zero-order chi connectivity index (χ0) is 25.1. The highest BCUT2D eigenvalue weighted by Gasteiger charge is 2.21. The van der Waals surface area contributed by atoms with Gasteiger partial charge in [0.1, 0.15) is 17.5 Å². The molecule has 4 aromatic rings. The fourth-order valence-electron chi connectivity index (χ4n) is 4.14. The van der Waals surface area contributed by atoms with Crippen LogP contribution >= 0.6 is 0 Å². The average molecular weight is 491 g/mol. The molecule has 9 nitrogen and oxygen atoms in total. The second-order valence-corrected chi connectivity index (χ2v) is 8.54. The minimum Gasteiger partial charge on any atom is -0.382 e. The van der Waals surface area contributed by atoms with Crippen molar-refractivity contribution >= 4 is 11.7 Å². The molecular weight excluding hydrogens is 466 g/mol. The lowest BCUT2D eigenvalue weighted by molar-refractivity contribution is 0.0950. The number of benzene rings is 2. The molecule has 1 fully saturated rings. The third-order valence-corrected chi connectivity index (χ3v) is 6.11. The molecule has 0 saturated carbocycles. The molecule has 1 saturated heterocycles. The summed E-state index contributed by atoms with van der Waals surface area (Å²) >= 11 is 0. The van der Waals surface area contributed by atoms with Gasteiger partial charge in [0.05, 0.1) is 11.9 Å². The highest BCUT2D eigenvalue weighted by Crippen LogP contribution is 2.26. The summed E-state index contributed by atoms with van der Waals surface area (Å²) in [5.74, 6) is -0.371. The number of H-pyrrole nitrogens is 1. The lowest BCUT2D eigenvalue weighted by Gasteiger charge is -2.20. The molecule has 1 unspecified atom stereocenters. The Hall–Kier alpha value is -4.25. The van der Waals surface area contributed by atoms with Gasteiger partial charge in [-0.1, -0.05) is 18.2 Å². The second-order valence-electron chi connectivity index (χ2n) is 8.54. The zero-order valence-electron chi connectivity index (χ0n) is 19.3. The van der Waals surface area contributed by atoms with E-state index in [1.165, 1.54) is 12.3 Å². The van der Waals surface area contributed by atoms with E-state index in [4.69, 9.17) is 5.73 Å². The smallest absolute Gasteiger partial charge is 0.251 e. The molecule has 0 aliphatic carbocycles. The Balaban J connectivity index is 1.36. The highest BCUT2D eigenvalue weighted by molar-refractivity contribution is 5.95. The summed E-state index contributed by atoms with van der Waals surface area (Å²) in [6.45, 7) is 1.54. The number of nitrogens with one attached hydrogen (secondary N) is 3. The van der Waals surface area contributed by atoms with Gasteiger partial charge in [0, 0.05) is 35.7 Å².